The Balaban J connectivity index is 4.53. The Kier molecular flexibility index (Phi) is 4.30. The fraction of sp³-hybridized carbons (Fsp3) is 0.750. The van der Waals surface area contributed by atoms with Crippen LogP contribution in [0.2, 0.25) is 0 Å². The van der Waals surface area contributed by atoms with Crippen LogP contribution < -0.4 is 11.1 Å². The number of nitrogens with two attached hydrogens (primary N) is 1. The van der Waals surface area contributed by atoms with Gasteiger partial charge in [-0.05, 0) is 13.8 Å². The summed E-state index contributed by atoms with van der Waals surface area (Å²) in [6.07, 6.45) is -5.36. The van der Waals surface area contributed by atoms with Gasteiger partial charge in [0.05, 0.1) is 6.42 Å². The second-order valence-corrected chi connectivity index (χ2v) is 3.67. The van der Waals surface area contributed by atoms with Gasteiger partial charge in [-0.2, -0.15) is 13.2 Å². The molecule has 0 spiro atoms. The number of rotatable bonds is 4. The molecule has 0 aliphatic heterocycles. The number of carbonyl (C=O) groups is 2. The molecule has 16 heavy (non-hydrogen) atoms. The van der Waals surface area contributed by atoms with E-state index in [1.807, 2.05) is 5.32 Å². The van der Waals surface area contributed by atoms with E-state index >= 15 is 0 Å². The van der Waals surface area contributed by atoms with E-state index in [-0.39, 0.29) is 0 Å². The van der Waals surface area contributed by atoms with E-state index in [1.165, 1.54) is 6.92 Å². The molecule has 2 unspecified atom stereocenters. The van der Waals surface area contributed by atoms with Gasteiger partial charge in [0.25, 0.3) is 0 Å². The minimum atomic E-state index is -4.89. The Morgan fingerprint density at radius 3 is 2.19 bits per heavy atom. The highest BCUT2D eigenvalue weighted by Gasteiger charge is 2.54. The van der Waals surface area contributed by atoms with Gasteiger partial charge in [-0.25, -0.2) is 0 Å². The van der Waals surface area contributed by atoms with E-state index in [1.54, 1.807) is 0 Å². The molecule has 0 aliphatic carbocycles. The van der Waals surface area contributed by atoms with Gasteiger partial charge < -0.3 is 16.2 Å². The van der Waals surface area contributed by atoms with E-state index in [2.05, 4.69) is 0 Å². The Morgan fingerprint density at radius 2 is 1.88 bits per heavy atom. The Hall–Kier alpha value is -1.31. The molecule has 0 heterocycles. The number of halogens is 3. The number of hydrogen-bond acceptors (Lipinski definition) is 3. The molecule has 0 aromatic carbocycles. The normalized spacial score (nSPS) is 17.4. The van der Waals surface area contributed by atoms with E-state index in [0.717, 1.165) is 0 Å². The Bertz CT molecular complexity index is 289. The predicted octanol–water partition coefficient (Wildman–Crippen LogP) is 0.246. The molecule has 8 heteroatoms. The summed E-state index contributed by atoms with van der Waals surface area (Å²) in [5.41, 5.74) is 1.80. The number of nitrogens with one attached hydrogen (secondary N) is 1. The number of carbonyl (C=O) groups excluding carboxylic acids is 1. The molecule has 0 aromatic heterocycles. The summed E-state index contributed by atoms with van der Waals surface area (Å²) in [6, 6.07) is -0.921. The molecular formula is C8H13F3N2O3. The third kappa shape index (κ3) is 3.69. The van der Waals surface area contributed by atoms with Crippen molar-refractivity contribution >= 4 is 11.9 Å². The molecule has 0 bridgehead atoms. The highest BCUT2D eigenvalue weighted by molar-refractivity contribution is 5.87. The molecule has 4 N–H and O–H groups in total. The van der Waals surface area contributed by atoms with Crippen LogP contribution in [0.4, 0.5) is 13.2 Å². The lowest BCUT2D eigenvalue weighted by Gasteiger charge is -2.27. The van der Waals surface area contributed by atoms with Crippen LogP contribution >= 0.6 is 0 Å². The van der Waals surface area contributed by atoms with Gasteiger partial charge in [-0.3, -0.25) is 9.59 Å². The number of aliphatic carboxylic acids is 1. The average Bonchev–Trinajstić information content (AvgIpc) is 1.99. The van der Waals surface area contributed by atoms with E-state index in [0.29, 0.717) is 6.92 Å². The molecule has 2 atom stereocenters. The lowest BCUT2D eigenvalue weighted by Crippen LogP contribution is -2.62. The second-order valence-electron chi connectivity index (χ2n) is 3.67. The van der Waals surface area contributed by atoms with E-state index in [9.17, 15) is 22.8 Å². The number of hydrogen-bond donors (Lipinski definition) is 3. The lowest BCUT2D eigenvalue weighted by molar-refractivity contribution is -0.187. The maximum Gasteiger partial charge on any atom is 0.415 e. The topological polar surface area (TPSA) is 92.4 Å². The molecule has 0 fully saturated rings. The third-order valence-electron chi connectivity index (χ3n) is 1.92. The van der Waals surface area contributed by atoms with Gasteiger partial charge in [-0.15, -0.1) is 0 Å². The van der Waals surface area contributed by atoms with E-state index in [4.69, 9.17) is 10.8 Å². The molecule has 0 rings (SSSR count). The van der Waals surface area contributed by atoms with Crippen LogP contribution in [0.15, 0.2) is 0 Å². The molecule has 0 saturated heterocycles. The van der Waals surface area contributed by atoms with Crippen LogP contribution in [0.3, 0.4) is 0 Å². The first kappa shape index (κ1) is 14.7. The maximum absolute atomic E-state index is 12.3. The largest absolute Gasteiger partial charge is 0.481 e. The van der Waals surface area contributed by atoms with Crippen molar-refractivity contribution in [2.75, 3.05) is 0 Å². The molecular weight excluding hydrogens is 229 g/mol. The van der Waals surface area contributed by atoms with Crippen LogP contribution in [0.1, 0.15) is 20.3 Å². The molecule has 1 amide bonds. The lowest BCUT2D eigenvalue weighted by atomic mass is 10.0. The number of alkyl halides is 3. The standard InChI is InChI=1S/C8H13F3N2O3/c1-4(3-5(14)15)13-6(16)7(2,12)8(9,10)11/h4H,3,12H2,1-2H3,(H,13,16)(H,14,15). The summed E-state index contributed by atoms with van der Waals surface area (Å²) in [4.78, 5) is 21.4. The predicted molar refractivity (Wildman–Crippen MR) is 48.5 cm³/mol. The summed E-state index contributed by atoms with van der Waals surface area (Å²) in [5.74, 6) is -2.67. The fourth-order valence-electron chi connectivity index (χ4n) is 0.815. The smallest absolute Gasteiger partial charge is 0.415 e. The zero-order valence-electron chi connectivity index (χ0n) is 8.76. The van der Waals surface area contributed by atoms with E-state index < -0.39 is 36.1 Å². The summed E-state index contributed by atoms with van der Waals surface area (Å²) < 4.78 is 36.9. The van der Waals surface area contributed by atoms with Gasteiger partial charge in [0.1, 0.15) is 0 Å². The minimum absolute atomic E-state index is 0.473. The molecule has 0 saturated carbocycles. The highest BCUT2D eigenvalue weighted by atomic mass is 19.4. The maximum atomic E-state index is 12.3. The first-order chi connectivity index (χ1) is 6.98. The van der Waals surface area contributed by atoms with Crippen LogP contribution in [-0.4, -0.2) is 34.7 Å². The molecule has 94 valence electrons. The van der Waals surface area contributed by atoms with Gasteiger partial charge in [0.15, 0.2) is 5.54 Å². The van der Waals surface area contributed by atoms with Crippen molar-refractivity contribution in [2.24, 2.45) is 5.73 Å². The zero-order chi connectivity index (χ0) is 13.1. The van der Waals surface area contributed by atoms with Crippen LogP contribution in [0, 0.1) is 0 Å². The Labute approximate surface area is 89.8 Å². The zero-order valence-corrected chi connectivity index (χ0v) is 8.76. The summed E-state index contributed by atoms with van der Waals surface area (Å²) in [5, 5.41) is 10.2. The summed E-state index contributed by atoms with van der Waals surface area (Å²) in [6.45, 7) is 1.80. The van der Waals surface area contributed by atoms with Crippen molar-refractivity contribution in [1.29, 1.82) is 0 Å². The quantitative estimate of drug-likeness (QED) is 0.658. The summed E-state index contributed by atoms with van der Waals surface area (Å²) in [7, 11) is 0. The van der Waals surface area contributed by atoms with Crippen molar-refractivity contribution in [3.63, 3.8) is 0 Å². The molecule has 0 aliphatic rings. The molecule has 0 radical (unpaired) electrons. The van der Waals surface area contributed by atoms with Crippen molar-refractivity contribution in [1.82, 2.24) is 5.32 Å². The number of amides is 1. The number of carboxylic acids is 1. The van der Waals surface area contributed by atoms with Crippen molar-refractivity contribution < 1.29 is 27.9 Å². The van der Waals surface area contributed by atoms with Gasteiger partial charge >= 0.3 is 12.1 Å². The minimum Gasteiger partial charge on any atom is -0.481 e. The SMILES string of the molecule is CC(CC(=O)O)NC(=O)C(C)(N)C(F)(F)F. The van der Waals surface area contributed by atoms with Gasteiger partial charge in [0, 0.05) is 6.04 Å². The average molecular weight is 242 g/mol. The highest BCUT2D eigenvalue weighted by Crippen LogP contribution is 2.28. The van der Waals surface area contributed by atoms with Crippen molar-refractivity contribution in [2.45, 2.75) is 38.0 Å². The summed E-state index contributed by atoms with van der Waals surface area (Å²) >= 11 is 0. The fourth-order valence-corrected chi connectivity index (χ4v) is 0.815. The first-order valence-corrected chi connectivity index (χ1v) is 4.37. The van der Waals surface area contributed by atoms with Crippen molar-refractivity contribution in [3.05, 3.63) is 0 Å². The van der Waals surface area contributed by atoms with Crippen LogP contribution in [0.25, 0.3) is 0 Å². The van der Waals surface area contributed by atoms with Crippen LogP contribution in [0.5, 0.6) is 0 Å². The monoisotopic (exact) mass is 242 g/mol. The van der Waals surface area contributed by atoms with Gasteiger partial charge in [-0.1, -0.05) is 0 Å². The molecule has 5 nitrogen and oxygen atoms in total. The number of carboxylic acid groups (broad SMARTS) is 1. The first-order valence-electron chi connectivity index (χ1n) is 4.37. The third-order valence-corrected chi connectivity index (χ3v) is 1.92. The van der Waals surface area contributed by atoms with Crippen molar-refractivity contribution in [3.8, 4) is 0 Å². The Morgan fingerprint density at radius 1 is 1.44 bits per heavy atom. The van der Waals surface area contributed by atoms with Gasteiger partial charge in [0.2, 0.25) is 5.91 Å². The molecule has 0 aromatic rings. The second kappa shape index (κ2) is 4.69. The van der Waals surface area contributed by atoms with Crippen LogP contribution in [-0.2, 0) is 9.59 Å².